The van der Waals surface area contributed by atoms with Crippen molar-refractivity contribution in [1.82, 2.24) is 5.32 Å². The maximum absolute atomic E-state index is 11.7. The molecule has 19 heavy (non-hydrogen) atoms. The van der Waals surface area contributed by atoms with Crippen LogP contribution in [0.25, 0.3) is 0 Å². The van der Waals surface area contributed by atoms with Crippen molar-refractivity contribution in [3.63, 3.8) is 0 Å². The first-order valence-corrected chi connectivity index (χ1v) is 6.48. The Morgan fingerprint density at radius 1 is 1.21 bits per heavy atom. The standard InChI is InChI=1S/C13H15ClN2O3/c14-9-2-5-10(6-3-9)15-13(19)16-11-4-1-8(7-11)12(17)18/h2-3,5-6,8,11H,1,4,7H2,(H,17,18)(H2,15,16,19). The van der Waals surface area contributed by atoms with Crippen LogP contribution in [0.4, 0.5) is 10.5 Å². The lowest BCUT2D eigenvalue weighted by atomic mass is 10.1. The van der Waals surface area contributed by atoms with Crippen LogP contribution in [0.5, 0.6) is 0 Å². The van der Waals surface area contributed by atoms with Crippen LogP contribution in [0.15, 0.2) is 24.3 Å². The van der Waals surface area contributed by atoms with Crippen LogP contribution in [0.2, 0.25) is 5.02 Å². The summed E-state index contributed by atoms with van der Waals surface area (Å²) in [6.45, 7) is 0. The second-order valence-electron chi connectivity index (χ2n) is 4.65. The fourth-order valence-electron chi connectivity index (χ4n) is 2.22. The predicted octanol–water partition coefficient (Wildman–Crippen LogP) is 2.71. The molecule has 1 aliphatic rings. The third-order valence-electron chi connectivity index (χ3n) is 3.22. The van der Waals surface area contributed by atoms with Crippen LogP contribution in [0, 0.1) is 5.92 Å². The number of anilines is 1. The van der Waals surface area contributed by atoms with Crippen molar-refractivity contribution in [1.29, 1.82) is 0 Å². The molecule has 1 saturated carbocycles. The molecule has 0 aromatic heterocycles. The summed E-state index contributed by atoms with van der Waals surface area (Å²) >= 11 is 5.75. The Morgan fingerprint density at radius 2 is 1.89 bits per heavy atom. The number of carbonyl (C=O) groups is 2. The Labute approximate surface area is 116 Å². The van der Waals surface area contributed by atoms with Gasteiger partial charge in [0.2, 0.25) is 0 Å². The smallest absolute Gasteiger partial charge is 0.319 e. The Morgan fingerprint density at radius 3 is 2.47 bits per heavy atom. The van der Waals surface area contributed by atoms with E-state index in [0.29, 0.717) is 30.0 Å². The fourth-order valence-corrected chi connectivity index (χ4v) is 2.35. The summed E-state index contributed by atoms with van der Waals surface area (Å²) in [5.74, 6) is -1.14. The zero-order valence-corrected chi connectivity index (χ0v) is 11.0. The van der Waals surface area contributed by atoms with Gasteiger partial charge in [0.25, 0.3) is 0 Å². The molecule has 1 aromatic carbocycles. The molecule has 1 aliphatic carbocycles. The number of hydrogen-bond donors (Lipinski definition) is 3. The number of amides is 2. The number of carbonyl (C=O) groups excluding carboxylic acids is 1. The molecule has 3 N–H and O–H groups in total. The van der Waals surface area contributed by atoms with Crippen LogP contribution in [-0.2, 0) is 4.79 Å². The lowest BCUT2D eigenvalue weighted by Gasteiger charge is -2.13. The van der Waals surface area contributed by atoms with E-state index in [9.17, 15) is 9.59 Å². The Hall–Kier alpha value is -1.75. The second kappa shape index (κ2) is 5.93. The number of aliphatic carboxylic acids is 1. The molecule has 1 aromatic rings. The largest absolute Gasteiger partial charge is 0.481 e. The van der Waals surface area contributed by atoms with E-state index in [1.54, 1.807) is 24.3 Å². The third kappa shape index (κ3) is 3.86. The van der Waals surface area contributed by atoms with Crippen LogP contribution < -0.4 is 10.6 Å². The van der Waals surface area contributed by atoms with Crippen molar-refractivity contribution < 1.29 is 14.7 Å². The highest BCUT2D eigenvalue weighted by atomic mass is 35.5. The molecule has 2 atom stereocenters. The molecule has 0 radical (unpaired) electrons. The minimum Gasteiger partial charge on any atom is -0.481 e. The summed E-state index contributed by atoms with van der Waals surface area (Å²) in [6.07, 6.45) is 1.80. The van der Waals surface area contributed by atoms with Crippen molar-refractivity contribution in [3.8, 4) is 0 Å². The van der Waals surface area contributed by atoms with Gasteiger partial charge in [-0.25, -0.2) is 4.79 Å². The topological polar surface area (TPSA) is 78.4 Å². The van der Waals surface area contributed by atoms with E-state index in [-0.39, 0.29) is 18.0 Å². The Balaban J connectivity index is 1.82. The number of urea groups is 1. The van der Waals surface area contributed by atoms with Crippen LogP contribution in [0.3, 0.4) is 0 Å². The van der Waals surface area contributed by atoms with Gasteiger partial charge in [-0.05, 0) is 43.5 Å². The summed E-state index contributed by atoms with van der Waals surface area (Å²) in [7, 11) is 0. The van der Waals surface area contributed by atoms with Crippen molar-refractivity contribution in [2.24, 2.45) is 5.92 Å². The first-order valence-electron chi connectivity index (χ1n) is 6.10. The zero-order valence-electron chi connectivity index (χ0n) is 10.2. The van der Waals surface area contributed by atoms with Crippen molar-refractivity contribution >= 4 is 29.3 Å². The summed E-state index contributed by atoms with van der Waals surface area (Å²) in [6, 6.07) is 6.39. The highest BCUT2D eigenvalue weighted by molar-refractivity contribution is 6.30. The molecule has 0 aliphatic heterocycles. The summed E-state index contributed by atoms with van der Waals surface area (Å²) in [4.78, 5) is 22.5. The summed E-state index contributed by atoms with van der Waals surface area (Å²) in [5, 5.41) is 15.0. The van der Waals surface area contributed by atoms with Crippen molar-refractivity contribution in [3.05, 3.63) is 29.3 Å². The molecule has 1 fully saturated rings. The maximum Gasteiger partial charge on any atom is 0.319 e. The van der Waals surface area contributed by atoms with E-state index in [2.05, 4.69) is 10.6 Å². The first kappa shape index (κ1) is 13.7. The monoisotopic (exact) mass is 282 g/mol. The molecular formula is C13H15ClN2O3. The van der Waals surface area contributed by atoms with Gasteiger partial charge in [0, 0.05) is 16.8 Å². The highest BCUT2D eigenvalue weighted by Crippen LogP contribution is 2.25. The van der Waals surface area contributed by atoms with Crippen molar-refractivity contribution in [2.75, 3.05) is 5.32 Å². The predicted molar refractivity (Wildman–Crippen MR) is 72.4 cm³/mol. The number of hydrogen-bond acceptors (Lipinski definition) is 2. The minimum absolute atomic E-state index is 0.0756. The number of benzene rings is 1. The molecule has 0 saturated heterocycles. The summed E-state index contributed by atoms with van der Waals surface area (Å²) < 4.78 is 0. The molecular weight excluding hydrogens is 268 g/mol. The number of carboxylic acid groups (broad SMARTS) is 1. The highest BCUT2D eigenvalue weighted by Gasteiger charge is 2.30. The van der Waals surface area contributed by atoms with E-state index in [4.69, 9.17) is 16.7 Å². The second-order valence-corrected chi connectivity index (χ2v) is 5.09. The number of rotatable bonds is 3. The zero-order chi connectivity index (χ0) is 13.8. The maximum atomic E-state index is 11.7. The van der Waals surface area contributed by atoms with Crippen LogP contribution in [0.1, 0.15) is 19.3 Å². The Bertz CT molecular complexity index is 475. The Kier molecular flexibility index (Phi) is 4.27. The number of nitrogens with one attached hydrogen (secondary N) is 2. The number of halogens is 1. The van der Waals surface area contributed by atoms with Crippen molar-refractivity contribution in [2.45, 2.75) is 25.3 Å². The molecule has 102 valence electrons. The van der Waals surface area contributed by atoms with E-state index in [1.807, 2.05) is 0 Å². The normalized spacial score (nSPS) is 21.9. The van der Waals surface area contributed by atoms with Crippen LogP contribution >= 0.6 is 11.6 Å². The fraction of sp³-hybridized carbons (Fsp3) is 0.385. The average molecular weight is 283 g/mol. The SMILES string of the molecule is O=C(Nc1ccc(Cl)cc1)NC1CCC(C(=O)O)C1. The molecule has 2 amide bonds. The van der Waals surface area contributed by atoms with Gasteiger partial charge in [-0.3, -0.25) is 4.79 Å². The van der Waals surface area contributed by atoms with Gasteiger partial charge in [-0.1, -0.05) is 11.6 Å². The van der Waals surface area contributed by atoms with E-state index >= 15 is 0 Å². The molecule has 0 heterocycles. The van der Waals surface area contributed by atoms with E-state index in [0.717, 1.165) is 0 Å². The lowest BCUT2D eigenvalue weighted by molar-refractivity contribution is -0.141. The number of carboxylic acids is 1. The van der Waals surface area contributed by atoms with Gasteiger partial charge in [-0.15, -0.1) is 0 Å². The summed E-state index contributed by atoms with van der Waals surface area (Å²) in [5.41, 5.74) is 0.648. The van der Waals surface area contributed by atoms with Gasteiger partial charge in [0.1, 0.15) is 0 Å². The molecule has 0 spiro atoms. The van der Waals surface area contributed by atoms with Gasteiger partial charge in [-0.2, -0.15) is 0 Å². The molecule has 0 bridgehead atoms. The third-order valence-corrected chi connectivity index (χ3v) is 3.47. The van der Waals surface area contributed by atoms with Gasteiger partial charge in [0.15, 0.2) is 0 Å². The molecule has 2 unspecified atom stereocenters. The molecule has 5 nitrogen and oxygen atoms in total. The first-order chi connectivity index (χ1) is 9.04. The van der Waals surface area contributed by atoms with Gasteiger partial charge < -0.3 is 15.7 Å². The van der Waals surface area contributed by atoms with Gasteiger partial charge >= 0.3 is 12.0 Å². The molecule has 2 rings (SSSR count). The van der Waals surface area contributed by atoms with E-state index in [1.165, 1.54) is 0 Å². The minimum atomic E-state index is -0.789. The van der Waals surface area contributed by atoms with Gasteiger partial charge in [0.05, 0.1) is 5.92 Å². The molecule has 6 heteroatoms. The quantitative estimate of drug-likeness (QED) is 0.797. The average Bonchev–Trinajstić information content (AvgIpc) is 2.80. The van der Waals surface area contributed by atoms with E-state index < -0.39 is 5.97 Å². The van der Waals surface area contributed by atoms with Crippen LogP contribution in [-0.4, -0.2) is 23.1 Å². The lowest BCUT2D eigenvalue weighted by Crippen LogP contribution is -2.36.